The van der Waals surface area contributed by atoms with Crippen molar-refractivity contribution in [1.82, 2.24) is 25.1 Å². The van der Waals surface area contributed by atoms with Crippen LogP contribution in [0.15, 0.2) is 36.7 Å². The number of nitrogens with one attached hydrogen (secondary N) is 1. The number of amides is 1. The van der Waals surface area contributed by atoms with Crippen LogP contribution >= 0.6 is 0 Å². The van der Waals surface area contributed by atoms with Crippen LogP contribution in [-0.2, 0) is 5.41 Å². The van der Waals surface area contributed by atoms with Gasteiger partial charge < -0.3 is 14.8 Å². The van der Waals surface area contributed by atoms with Gasteiger partial charge in [-0.3, -0.25) is 4.79 Å². The number of hydrogen-bond donors (Lipinski definition) is 1. The van der Waals surface area contributed by atoms with E-state index < -0.39 is 0 Å². The molecule has 3 aromatic heterocycles. The van der Waals surface area contributed by atoms with E-state index in [0.717, 1.165) is 35.6 Å². The third kappa shape index (κ3) is 3.13. The Labute approximate surface area is 158 Å². The molecule has 0 unspecified atom stereocenters. The van der Waals surface area contributed by atoms with Crippen molar-refractivity contribution < 1.29 is 4.79 Å². The van der Waals surface area contributed by atoms with Gasteiger partial charge in [0, 0.05) is 43.3 Å². The quantitative estimate of drug-likeness (QED) is 0.773. The van der Waals surface area contributed by atoms with E-state index in [1.165, 1.54) is 0 Å². The van der Waals surface area contributed by atoms with Gasteiger partial charge in [0.25, 0.3) is 5.91 Å². The second-order valence-corrected chi connectivity index (χ2v) is 8.10. The minimum absolute atomic E-state index is 0.00747. The molecular weight excluding hydrogens is 340 g/mol. The van der Waals surface area contributed by atoms with Gasteiger partial charge in [0.1, 0.15) is 5.65 Å². The predicted molar refractivity (Wildman–Crippen MR) is 105 cm³/mol. The van der Waals surface area contributed by atoms with Gasteiger partial charge in [0.2, 0.25) is 0 Å². The summed E-state index contributed by atoms with van der Waals surface area (Å²) >= 11 is 0. The lowest BCUT2D eigenvalue weighted by Crippen LogP contribution is -2.60. The predicted octanol–water partition coefficient (Wildman–Crippen LogP) is 2.61. The van der Waals surface area contributed by atoms with Gasteiger partial charge in [-0.1, -0.05) is 20.8 Å². The van der Waals surface area contributed by atoms with Crippen molar-refractivity contribution in [3.63, 3.8) is 0 Å². The summed E-state index contributed by atoms with van der Waals surface area (Å²) in [7, 11) is 1.86. The van der Waals surface area contributed by atoms with E-state index in [2.05, 4.69) is 45.8 Å². The number of anilines is 1. The highest BCUT2D eigenvalue weighted by Gasteiger charge is 2.34. The molecule has 1 N–H and O–H groups in total. The first kappa shape index (κ1) is 17.5. The highest BCUT2D eigenvalue weighted by Crippen LogP contribution is 2.25. The number of H-pyrrole nitrogens is 1. The van der Waals surface area contributed by atoms with Crippen molar-refractivity contribution in [3.05, 3.63) is 47.9 Å². The van der Waals surface area contributed by atoms with Crippen LogP contribution in [-0.4, -0.2) is 57.2 Å². The van der Waals surface area contributed by atoms with Crippen LogP contribution in [0.4, 0.5) is 5.82 Å². The van der Waals surface area contributed by atoms with Crippen molar-refractivity contribution in [2.45, 2.75) is 32.2 Å². The minimum atomic E-state index is -0.0101. The summed E-state index contributed by atoms with van der Waals surface area (Å²) in [6, 6.07) is 7.96. The summed E-state index contributed by atoms with van der Waals surface area (Å²) < 4.78 is 0. The van der Waals surface area contributed by atoms with E-state index in [1.807, 2.05) is 36.2 Å². The molecule has 7 nitrogen and oxygen atoms in total. The van der Waals surface area contributed by atoms with Crippen molar-refractivity contribution in [2.24, 2.45) is 0 Å². The van der Waals surface area contributed by atoms with Gasteiger partial charge in [-0.25, -0.2) is 4.98 Å². The molecule has 0 atom stereocenters. The number of carbonyl (C=O) groups is 1. The largest absolute Gasteiger partial charge is 0.351 e. The molecule has 1 aliphatic rings. The normalized spacial score (nSPS) is 15.0. The molecule has 4 heterocycles. The Hall–Kier alpha value is -2.96. The molecule has 0 aliphatic carbocycles. The lowest BCUT2D eigenvalue weighted by Gasteiger charge is -2.44. The van der Waals surface area contributed by atoms with E-state index in [4.69, 9.17) is 0 Å². The maximum absolute atomic E-state index is 12.9. The molecule has 1 aliphatic heterocycles. The van der Waals surface area contributed by atoms with E-state index >= 15 is 0 Å². The zero-order valence-corrected chi connectivity index (χ0v) is 16.1. The molecule has 1 fully saturated rings. The Bertz CT molecular complexity index is 966. The fourth-order valence-electron chi connectivity index (χ4n) is 3.27. The molecule has 0 aromatic carbocycles. The van der Waals surface area contributed by atoms with E-state index in [0.29, 0.717) is 5.56 Å². The first-order chi connectivity index (χ1) is 12.8. The topological polar surface area (TPSA) is 78.0 Å². The fourth-order valence-corrected chi connectivity index (χ4v) is 3.27. The average Bonchev–Trinajstić information content (AvgIpc) is 3.03. The second-order valence-electron chi connectivity index (χ2n) is 8.10. The molecule has 7 heteroatoms. The second kappa shape index (κ2) is 6.33. The van der Waals surface area contributed by atoms with Gasteiger partial charge in [-0.15, -0.1) is 5.10 Å². The van der Waals surface area contributed by atoms with Crippen LogP contribution in [0, 0.1) is 0 Å². The zero-order chi connectivity index (χ0) is 19.2. The molecule has 0 spiro atoms. The number of aromatic amines is 1. The maximum atomic E-state index is 12.9. The van der Waals surface area contributed by atoms with E-state index in [1.54, 1.807) is 12.4 Å². The third-order valence-electron chi connectivity index (χ3n) is 5.15. The third-order valence-corrected chi connectivity index (χ3v) is 5.15. The Morgan fingerprint density at radius 2 is 2.00 bits per heavy atom. The Balaban J connectivity index is 1.42. The van der Waals surface area contributed by atoms with Crippen molar-refractivity contribution in [1.29, 1.82) is 0 Å². The van der Waals surface area contributed by atoms with Crippen molar-refractivity contribution in [2.75, 3.05) is 25.0 Å². The summed E-state index contributed by atoms with van der Waals surface area (Å²) in [5.74, 6) is 0.865. The molecular formula is C20H24N6O. The van der Waals surface area contributed by atoms with Gasteiger partial charge in [0.05, 0.1) is 17.3 Å². The maximum Gasteiger partial charge on any atom is 0.256 e. The van der Waals surface area contributed by atoms with Crippen LogP contribution < -0.4 is 4.90 Å². The minimum Gasteiger partial charge on any atom is -0.351 e. The highest BCUT2D eigenvalue weighted by atomic mass is 16.2. The van der Waals surface area contributed by atoms with Gasteiger partial charge in [-0.2, -0.15) is 5.10 Å². The summed E-state index contributed by atoms with van der Waals surface area (Å²) in [6.45, 7) is 7.88. The lowest BCUT2D eigenvalue weighted by molar-refractivity contribution is 0.0707. The molecule has 3 aromatic rings. The number of rotatable bonds is 3. The lowest BCUT2D eigenvalue weighted by atomic mass is 9.92. The Kier molecular flexibility index (Phi) is 4.09. The van der Waals surface area contributed by atoms with Crippen LogP contribution in [0.3, 0.4) is 0 Å². The molecule has 4 rings (SSSR count). The van der Waals surface area contributed by atoms with Crippen LogP contribution in [0.5, 0.6) is 0 Å². The standard InChI is InChI=1S/C20H24N6O/c1-20(2,3)16-7-8-17(24-23-16)26-11-13(12-26)25(4)19(27)15-10-22-18-14(15)6-5-9-21-18/h5-10,13H,11-12H2,1-4H3,(H,21,22). The molecule has 1 amide bonds. The molecule has 0 bridgehead atoms. The number of likely N-dealkylation sites (N-methyl/N-ethyl adjacent to an activating group) is 1. The van der Waals surface area contributed by atoms with Gasteiger partial charge in [-0.05, 0) is 24.3 Å². The monoisotopic (exact) mass is 364 g/mol. The summed E-state index contributed by atoms with van der Waals surface area (Å²) in [5, 5.41) is 9.56. The van der Waals surface area contributed by atoms with E-state index in [-0.39, 0.29) is 17.4 Å². The number of hydrogen-bond acceptors (Lipinski definition) is 5. The van der Waals surface area contributed by atoms with Crippen LogP contribution in [0.1, 0.15) is 36.8 Å². The molecule has 0 radical (unpaired) electrons. The average molecular weight is 364 g/mol. The van der Waals surface area contributed by atoms with Gasteiger partial charge in [0.15, 0.2) is 5.82 Å². The Morgan fingerprint density at radius 3 is 2.67 bits per heavy atom. The Morgan fingerprint density at radius 1 is 1.22 bits per heavy atom. The molecule has 0 saturated carbocycles. The number of nitrogens with zero attached hydrogens (tertiary/aromatic N) is 5. The molecule has 27 heavy (non-hydrogen) atoms. The SMILES string of the molecule is CN(C(=O)c1c[nH]c2ncccc12)C1CN(c2ccc(C(C)(C)C)nn2)C1. The van der Waals surface area contributed by atoms with Crippen LogP contribution in [0.2, 0.25) is 0 Å². The zero-order valence-electron chi connectivity index (χ0n) is 16.1. The number of pyridine rings is 1. The molecule has 140 valence electrons. The number of aromatic nitrogens is 4. The molecule has 1 saturated heterocycles. The summed E-state index contributed by atoms with van der Waals surface area (Å²) in [6.07, 6.45) is 3.45. The number of carbonyl (C=O) groups excluding carboxylic acids is 1. The first-order valence-electron chi connectivity index (χ1n) is 9.13. The van der Waals surface area contributed by atoms with E-state index in [9.17, 15) is 4.79 Å². The highest BCUT2D eigenvalue weighted by molar-refractivity contribution is 6.06. The number of fused-ring (bicyclic) bond motifs is 1. The first-order valence-corrected chi connectivity index (χ1v) is 9.13. The van der Waals surface area contributed by atoms with Crippen molar-refractivity contribution >= 4 is 22.8 Å². The summed E-state index contributed by atoms with van der Waals surface area (Å²) in [5.41, 5.74) is 2.36. The van der Waals surface area contributed by atoms with Gasteiger partial charge >= 0.3 is 0 Å². The summed E-state index contributed by atoms with van der Waals surface area (Å²) in [4.78, 5) is 24.1. The van der Waals surface area contributed by atoms with Crippen LogP contribution in [0.25, 0.3) is 11.0 Å². The fraction of sp³-hybridized carbons (Fsp3) is 0.400. The smallest absolute Gasteiger partial charge is 0.256 e. The van der Waals surface area contributed by atoms with Crippen molar-refractivity contribution in [3.8, 4) is 0 Å².